The van der Waals surface area contributed by atoms with Crippen LogP contribution in [0.25, 0.3) is 0 Å². The number of aryl methyl sites for hydroxylation is 1. The Morgan fingerprint density at radius 2 is 1.90 bits per heavy atom. The zero-order valence-electron chi connectivity index (χ0n) is 11.2. The normalized spacial score (nSPS) is 11.4. The molecule has 0 saturated heterocycles. The molecule has 0 bridgehead atoms. The van der Waals surface area contributed by atoms with Crippen LogP contribution in [0.5, 0.6) is 11.5 Å². The van der Waals surface area contributed by atoms with Gasteiger partial charge in [0, 0.05) is 18.2 Å². The highest BCUT2D eigenvalue weighted by Crippen LogP contribution is 2.27. The van der Waals surface area contributed by atoms with Gasteiger partial charge >= 0.3 is 11.3 Å². The quantitative estimate of drug-likeness (QED) is 0.450. The molecule has 2 aromatic rings. The largest absolute Gasteiger partial charge is 0.854 e. The smallest absolute Gasteiger partial charge is 0.435 e. The second kappa shape index (κ2) is 5.47. The Kier molecular flexibility index (Phi) is 3.74. The summed E-state index contributed by atoms with van der Waals surface area (Å²) in [6, 6.07) is 4.75. The highest BCUT2D eigenvalue weighted by molar-refractivity contribution is 5.88. The van der Waals surface area contributed by atoms with E-state index in [4.69, 9.17) is 9.47 Å². The first-order valence-electron chi connectivity index (χ1n) is 5.61. The van der Waals surface area contributed by atoms with E-state index >= 15 is 0 Å². The summed E-state index contributed by atoms with van der Waals surface area (Å²) in [5.74, 6) is 0.251. The number of nitrogens with zero attached hydrogens (tertiary/aromatic N) is 2. The molecule has 0 amide bonds. The average Bonchev–Trinajstić information content (AvgIpc) is 2.77. The van der Waals surface area contributed by atoms with Gasteiger partial charge in [0.1, 0.15) is 11.5 Å². The van der Waals surface area contributed by atoms with Gasteiger partial charge in [-0.3, -0.25) is 9.52 Å². The van der Waals surface area contributed by atoms with Gasteiger partial charge in [-0.15, -0.1) is 0 Å². The first-order chi connectivity index (χ1) is 9.55. The van der Waals surface area contributed by atoms with Crippen LogP contribution < -0.4 is 24.9 Å². The Bertz CT molecular complexity index is 679. The van der Waals surface area contributed by atoms with Crippen LogP contribution in [0, 0.1) is 0 Å². The van der Waals surface area contributed by atoms with Crippen molar-refractivity contribution in [3.05, 3.63) is 34.3 Å². The number of methoxy groups -OCH3 is 2. The molecule has 8 heteroatoms. The number of rotatable bonds is 4. The van der Waals surface area contributed by atoms with Crippen molar-refractivity contribution < 1.29 is 23.8 Å². The van der Waals surface area contributed by atoms with Crippen LogP contribution in [-0.4, -0.2) is 25.4 Å². The van der Waals surface area contributed by atoms with E-state index < -0.39 is 11.5 Å². The summed E-state index contributed by atoms with van der Waals surface area (Å²) in [4.78, 5) is 15.2. The van der Waals surface area contributed by atoms with Crippen LogP contribution >= 0.6 is 0 Å². The summed E-state index contributed by atoms with van der Waals surface area (Å²) in [7, 11) is 4.45. The maximum Gasteiger partial charge on any atom is 0.435 e. The van der Waals surface area contributed by atoms with E-state index in [1.165, 1.54) is 21.3 Å². The van der Waals surface area contributed by atoms with Gasteiger partial charge in [-0.05, 0) is 5.27 Å². The van der Waals surface area contributed by atoms with Crippen molar-refractivity contribution in [3.63, 3.8) is 0 Å². The molecule has 20 heavy (non-hydrogen) atoms. The molecule has 1 heterocycles. The SMILES string of the molecule is COc1cc(N=C([O-])c2c(=O)o[nH][n+]2C)cc(OC)c1. The molecule has 0 aliphatic heterocycles. The van der Waals surface area contributed by atoms with Crippen LogP contribution in [0.4, 0.5) is 5.69 Å². The Hall–Kier alpha value is -2.77. The third-order valence-electron chi connectivity index (χ3n) is 2.57. The van der Waals surface area contributed by atoms with Gasteiger partial charge in [-0.2, -0.15) is 0 Å². The third-order valence-corrected chi connectivity index (χ3v) is 2.57. The number of aromatic amines is 1. The fourth-order valence-corrected chi connectivity index (χ4v) is 1.60. The Labute approximate surface area is 113 Å². The number of nitrogens with one attached hydrogen (secondary N) is 1. The van der Waals surface area contributed by atoms with Gasteiger partial charge in [0.15, 0.2) is 7.05 Å². The van der Waals surface area contributed by atoms with Crippen molar-refractivity contribution >= 4 is 11.6 Å². The summed E-state index contributed by atoms with van der Waals surface area (Å²) < 4.78 is 15.8. The topological polar surface area (TPSA) is 104 Å². The minimum absolute atomic E-state index is 0.202. The van der Waals surface area contributed by atoms with Gasteiger partial charge in [0.2, 0.25) is 0 Å². The molecule has 1 aromatic heterocycles. The minimum Gasteiger partial charge on any atom is -0.854 e. The zero-order valence-corrected chi connectivity index (χ0v) is 11.2. The summed E-state index contributed by atoms with van der Waals surface area (Å²) in [5, 5.41) is 14.2. The van der Waals surface area contributed by atoms with Crippen LogP contribution in [0.1, 0.15) is 5.69 Å². The maximum absolute atomic E-state index is 12.0. The van der Waals surface area contributed by atoms with E-state index in [0.29, 0.717) is 17.2 Å². The maximum atomic E-state index is 12.0. The Balaban J connectivity index is 2.47. The molecular weight excluding hydrogens is 266 g/mol. The molecular formula is C12H13N3O5. The number of ether oxygens (including phenoxy) is 2. The van der Waals surface area contributed by atoms with Gasteiger partial charge in [0.05, 0.1) is 25.8 Å². The van der Waals surface area contributed by atoms with Gasteiger partial charge in [-0.1, -0.05) is 4.68 Å². The predicted molar refractivity (Wildman–Crippen MR) is 66.2 cm³/mol. The molecule has 1 N–H and O–H groups in total. The Morgan fingerprint density at radius 1 is 1.30 bits per heavy atom. The molecule has 0 radical (unpaired) electrons. The lowest BCUT2D eigenvalue weighted by Gasteiger charge is -2.07. The second-order valence-corrected chi connectivity index (χ2v) is 3.88. The lowest BCUT2D eigenvalue weighted by atomic mass is 10.3. The van der Waals surface area contributed by atoms with Crippen LogP contribution in [0.3, 0.4) is 0 Å². The van der Waals surface area contributed by atoms with Crippen molar-refractivity contribution in [2.24, 2.45) is 12.0 Å². The summed E-state index contributed by atoms with van der Waals surface area (Å²) in [6.45, 7) is 0. The van der Waals surface area contributed by atoms with Crippen LogP contribution in [0.15, 0.2) is 32.5 Å². The minimum atomic E-state index is -0.781. The van der Waals surface area contributed by atoms with Crippen molar-refractivity contribution in [1.29, 1.82) is 0 Å². The summed E-state index contributed by atoms with van der Waals surface area (Å²) in [6.07, 6.45) is 0. The van der Waals surface area contributed by atoms with E-state index in [2.05, 4.69) is 14.8 Å². The summed E-state index contributed by atoms with van der Waals surface area (Å²) >= 11 is 0. The molecule has 0 aliphatic rings. The van der Waals surface area contributed by atoms with E-state index in [0.717, 1.165) is 4.68 Å². The first-order valence-corrected chi connectivity index (χ1v) is 5.61. The summed E-state index contributed by atoms with van der Waals surface area (Å²) in [5.41, 5.74) is -0.672. The molecule has 8 nitrogen and oxygen atoms in total. The molecule has 0 unspecified atom stereocenters. The second-order valence-electron chi connectivity index (χ2n) is 3.88. The number of hydrogen-bond donors (Lipinski definition) is 1. The number of H-pyrrole nitrogens is 1. The number of aromatic nitrogens is 2. The lowest BCUT2D eigenvalue weighted by molar-refractivity contribution is -0.742. The number of aliphatic imine (C=N–C) groups is 1. The molecule has 1 aromatic carbocycles. The van der Waals surface area contributed by atoms with E-state index in [-0.39, 0.29) is 5.69 Å². The third kappa shape index (κ3) is 2.63. The van der Waals surface area contributed by atoms with Crippen LogP contribution in [0.2, 0.25) is 0 Å². The van der Waals surface area contributed by atoms with E-state index in [9.17, 15) is 9.90 Å². The molecule has 0 saturated carbocycles. The number of benzene rings is 1. The fourth-order valence-electron chi connectivity index (χ4n) is 1.60. The molecule has 0 fully saturated rings. The van der Waals surface area contributed by atoms with Crippen molar-refractivity contribution in [2.45, 2.75) is 0 Å². The van der Waals surface area contributed by atoms with Crippen molar-refractivity contribution in [1.82, 2.24) is 5.27 Å². The molecule has 2 rings (SSSR count). The predicted octanol–water partition coefficient (Wildman–Crippen LogP) is -0.752. The highest BCUT2D eigenvalue weighted by atomic mass is 16.5. The van der Waals surface area contributed by atoms with Gasteiger partial charge in [0.25, 0.3) is 0 Å². The van der Waals surface area contributed by atoms with Gasteiger partial charge in [-0.25, -0.2) is 4.79 Å². The first kappa shape index (κ1) is 13.7. The van der Waals surface area contributed by atoms with E-state index in [1.807, 2.05) is 0 Å². The number of hydrogen-bond acceptors (Lipinski definition) is 6. The van der Waals surface area contributed by atoms with Crippen LogP contribution in [-0.2, 0) is 7.05 Å². The molecule has 0 aliphatic carbocycles. The molecule has 0 atom stereocenters. The zero-order chi connectivity index (χ0) is 14.7. The van der Waals surface area contributed by atoms with Gasteiger partial charge < -0.3 is 14.6 Å². The average molecular weight is 279 g/mol. The Morgan fingerprint density at radius 3 is 2.35 bits per heavy atom. The van der Waals surface area contributed by atoms with Crippen molar-refractivity contribution in [2.75, 3.05) is 14.2 Å². The fraction of sp³-hybridized carbons (Fsp3) is 0.250. The van der Waals surface area contributed by atoms with E-state index in [1.54, 1.807) is 18.2 Å². The lowest BCUT2D eigenvalue weighted by Crippen LogP contribution is -2.43. The molecule has 0 spiro atoms. The molecule has 106 valence electrons. The monoisotopic (exact) mass is 279 g/mol. The highest BCUT2D eigenvalue weighted by Gasteiger charge is 2.17. The van der Waals surface area contributed by atoms with Crippen molar-refractivity contribution in [3.8, 4) is 11.5 Å². The standard InChI is InChI=1S/C12H13N3O5/c1-15-10(12(17)20-14-15)11(16)13-7-4-8(18-2)6-9(5-7)19-3/h4-6H,1-3H3,(H-,13,14,16,17).